The van der Waals surface area contributed by atoms with Gasteiger partial charge in [-0.05, 0) is 55.3 Å². The quantitative estimate of drug-likeness (QED) is 0.629. The lowest BCUT2D eigenvalue weighted by molar-refractivity contribution is -0.0853. The number of hydrogen-bond donors (Lipinski definition) is 1. The average molecular weight is 193 g/mol. The number of rotatable bonds is 0. The van der Waals surface area contributed by atoms with Crippen LogP contribution in [0.4, 0.5) is 0 Å². The second-order valence-electron chi connectivity index (χ2n) is 6.83. The Kier molecular flexibility index (Phi) is 1.68. The van der Waals surface area contributed by atoms with Crippen molar-refractivity contribution in [3.05, 3.63) is 0 Å². The molecule has 0 aliphatic heterocycles. The third kappa shape index (κ3) is 1.11. The molecule has 3 saturated carbocycles. The molecular weight excluding hydrogens is 170 g/mol. The van der Waals surface area contributed by atoms with E-state index in [1.807, 2.05) is 0 Å². The van der Waals surface area contributed by atoms with E-state index in [0.29, 0.717) is 5.41 Å². The van der Waals surface area contributed by atoms with Crippen LogP contribution in [0.25, 0.3) is 0 Å². The molecule has 0 aromatic heterocycles. The van der Waals surface area contributed by atoms with Crippen LogP contribution in [-0.4, -0.2) is 5.54 Å². The van der Waals surface area contributed by atoms with Crippen LogP contribution in [0.3, 0.4) is 0 Å². The Morgan fingerprint density at radius 2 is 1.93 bits per heavy atom. The second kappa shape index (κ2) is 2.55. The van der Waals surface area contributed by atoms with Gasteiger partial charge >= 0.3 is 0 Å². The zero-order chi connectivity index (χ0) is 9.97. The van der Waals surface area contributed by atoms with Gasteiger partial charge in [-0.25, -0.2) is 0 Å². The summed E-state index contributed by atoms with van der Waals surface area (Å²) in [6, 6.07) is 0. The maximum absolute atomic E-state index is 6.56. The molecule has 1 heteroatoms. The van der Waals surface area contributed by atoms with Gasteiger partial charge in [-0.3, -0.25) is 0 Å². The standard InChI is InChI=1S/C13H23N/c1-9-5-13(14)7-10-3-4-11(9)12(2,6-10)8-13/h9-11H,3-8,14H2,1-2H3. The van der Waals surface area contributed by atoms with E-state index in [1.54, 1.807) is 0 Å². The number of fused-ring (bicyclic) bond motifs is 2. The minimum atomic E-state index is 0.216. The Morgan fingerprint density at radius 3 is 2.71 bits per heavy atom. The van der Waals surface area contributed by atoms with E-state index >= 15 is 0 Å². The summed E-state index contributed by atoms with van der Waals surface area (Å²) in [6.45, 7) is 4.95. The fraction of sp³-hybridized carbons (Fsp3) is 1.00. The zero-order valence-corrected chi connectivity index (χ0v) is 9.55. The first-order chi connectivity index (χ1) is 6.51. The Labute approximate surface area is 87.4 Å². The molecule has 0 saturated heterocycles. The highest BCUT2D eigenvalue weighted by molar-refractivity contribution is 5.09. The van der Waals surface area contributed by atoms with Gasteiger partial charge in [0.1, 0.15) is 0 Å². The third-order valence-electron chi connectivity index (χ3n) is 5.40. The lowest BCUT2D eigenvalue weighted by atomic mass is 9.45. The molecule has 3 bridgehead atoms. The van der Waals surface area contributed by atoms with E-state index in [4.69, 9.17) is 5.73 Å². The second-order valence-corrected chi connectivity index (χ2v) is 6.83. The van der Waals surface area contributed by atoms with Gasteiger partial charge < -0.3 is 5.73 Å². The maximum Gasteiger partial charge on any atom is 0.0164 e. The van der Waals surface area contributed by atoms with Crippen molar-refractivity contribution in [3.63, 3.8) is 0 Å². The summed E-state index contributed by atoms with van der Waals surface area (Å²) in [4.78, 5) is 0. The van der Waals surface area contributed by atoms with Gasteiger partial charge in [0.05, 0.1) is 0 Å². The van der Waals surface area contributed by atoms with Crippen LogP contribution in [-0.2, 0) is 0 Å². The van der Waals surface area contributed by atoms with Crippen molar-refractivity contribution in [2.24, 2.45) is 28.9 Å². The van der Waals surface area contributed by atoms with Crippen LogP contribution in [0.5, 0.6) is 0 Å². The van der Waals surface area contributed by atoms with Crippen molar-refractivity contribution >= 4 is 0 Å². The molecule has 0 radical (unpaired) electrons. The molecular formula is C13H23N. The summed E-state index contributed by atoms with van der Waals surface area (Å²) in [5.74, 6) is 2.82. The van der Waals surface area contributed by atoms with Gasteiger partial charge in [-0.1, -0.05) is 20.3 Å². The minimum absolute atomic E-state index is 0.216. The SMILES string of the molecule is CC1CC2(N)CC3CCC1C(C)(C3)C2. The largest absolute Gasteiger partial charge is 0.325 e. The monoisotopic (exact) mass is 193 g/mol. The fourth-order valence-corrected chi connectivity index (χ4v) is 5.42. The highest BCUT2D eigenvalue weighted by Gasteiger charge is 2.55. The summed E-state index contributed by atoms with van der Waals surface area (Å²) in [7, 11) is 0. The van der Waals surface area contributed by atoms with Gasteiger partial charge in [0.15, 0.2) is 0 Å². The van der Waals surface area contributed by atoms with Crippen LogP contribution >= 0.6 is 0 Å². The van der Waals surface area contributed by atoms with E-state index in [9.17, 15) is 0 Å². The highest BCUT2D eigenvalue weighted by Crippen LogP contribution is 2.61. The van der Waals surface area contributed by atoms with Crippen molar-refractivity contribution < 1.29 is 0 Å². The minimum Gasteiger partial charge on any atom is -0.325 e. The van der Waals surface area contributed by atoms with Crippen LogP contribution < -0.4 is 5.73 Å². The normalized spacial score (nSPS) is 61.5. The first-order valence-electron chi connectivity index (χ1n) is 6.30. The van der Waals surface area contributed by atoms with Gasteiger partial charge in [0.25, 0.3) is 0 Å². The molecule has 0 aromatic rings. The van der Waals surface area contributed by atoms with Gasteiger partial charge in [0.2, 0.25) is 0 Å². The molecule has 3 aliphatic carbocycles. The lowest BCUT2D eigenvalue weighted by Crippen LogP contribution is -2.60. The van der Waals surface area contributed by atoms with E-state index < -0.39 is 0 Å². The molecule has 3 fully saturated rings. The van der Waals surface area contributed by atoms with Crippen molar-refractivity contribution in [2.75, 3.05) is 0 Å². The van der Waals surface area contributed by atoms with Gasteiger partial charge in [-0.2, -0.15) is 0 Å². The summed E-state index contributed by atoms with van der Waals surface area (Å²) in [5, 5.41) is 0. The molecule has 80 valence electrons. The molecule has 0 heterocycles. The first-order valence-corrected chi connectivity index (χ1v) is 6.30. The van der Waals surface area contributed by atoms with E-state index in [0.717, 1.165) is 17.8 Å². The molecule has 0 spiro atoms. The molecule has 3 rings (SSSR count). The van der Waals surface area contributed by atoms with Gasteiger partial charge in [0, 0.05) is 5.54 Å². The number of hydrogen-bond acceptors (Lipinski definition) is 1. The lowest BCUT2D eigenvalue weighted by Gasteiger charge is -2.61. The molecule has 14 heavy (non-hydrogen) atoms. The van der Waals surface area contributed by atoms with Crippen LogP contribution in [0.2, 0.25) is 0 Å². The average Bonchev–Trinajstić information content (AvgIpc) is 1.97. The topological polar surface area (TPSA) is 26.0 Å². The van der Waals surface area contributed by atoms with E-state index in [2.05, 4.69) is 13.8 Å². The summed E-state index contributed by atoms with van der Waals surface area (Å²) in [5.41, 5.74) is 7.38. The third-order valence-corrected chi connectivity index (χ3v) is 5.40. The fourth-order valence-electron chi connectivity index (χ4n) is 5.42. The van der Waals surface area contributed by atoms with Crippen molar-refractivity contribution in [1.82, 2.24) is 0 Å². The smallest absolute Gasteiger partial charge is 0.0164 e. The molecule has 0 aromatic carbocycles. The van der Waals surface area contributed by atoms with Gasteiger partial charge in [-0.15, -0.1) is 0 Å². The Morgan fingerprint density at radius 1 is 1.14 bits per heavy atom. The molecule has 3 aliphatic rings. The van der Waals surface area contributed by atoms with Crippen molar-refractivity contribution in [1.29, 1.82) is 0 Å². The Balaban J connectivity index is 2.01. The predicted octanol–water partition coefficient (Wildman–Crippen LogP) is 2.94. The Hall–Kier alpha value is -0.0400. The summed E-state index contributed by atoms with van der Waals surface area (Å²) in [6.07, 6.45) is 8.35. The van der Waals surface area contributed by atoms with Crippen LogP contribution in [0, 0.1) is 23.2 Å². The predicted molar refractivity (Wildman–Crippen MR) is 58.9 cm³/mol. The van der Waals surface area contributed by atoms with E-state index in [-0.39, 0.29) is 5.54 Å². The highest BCUT2D eigenvalue weighted by atomic mass is 14.8. The molecule has 1 nitrogen and oxygen atoms in total. The Bertz CT molecular complexity index is 256. The summed E-state index contributed by atoms with van der Waals surface area (Å²) >= 11 is 0. The molecule has 2 N–H and O–H groups in total. The van der Waals surface area contributed by atoms with E-state index in [1.165, 1.54) is 38.5 Å². The first kappa shape index (κ1) is 9.21. The zero-order valence-electron chi connectivity index (χ0n) is 9.55. The molecule has 5 unspecified atom stereocenters. The van der Waals surface area contributed by atoms with Crippen molar-refractivity contribution in [2.45, 2.75) is 57.9 Å². The van der Waals surface area contributed by atoms with Crippen LogP contribution in [0.15, 0.2) is 0 Å². The number of nitrogens with two attached hydrogens (primary N) is 1. The summed E-state index contributed by atoms with van der Waals surface area (Å²) < 4.78 is 0. The molecule has 5 atom stereocenters. The maximum atomic E-state index is 6.56. The van der Waals surface area contributed by atoms with Crippen LogP contribution in [0.1, 0.15) is 52.4 Å². The van der Waals surface area contributed by atoms with Crippen molar-refractivity contribution in [3.8, 4) is 0 Å². The molecule has 0 amide bonds.